The van der Waals surface area contributed by atoms with E-state index in [4.69, 9.17) is 10.5 Å². The fraction of sp³-hybridized carbons (Fsp3) is 0.357. The number of nitrogens with one attached hydrogen (secondary N) is 1. The van der Waals surface area contributed by atoms with Crippen LogP contribution in [0.3, 0.4) is 0 Å². The molecule has 0 spiro atoms. The summed E-state index contributed by atoms with van der Waals surface area (Å²) in [5.74, 6) is 0.701. The van der Waals surface area contributed by atoms with Crippen LogP contribution < -0.4 is 15.8 Å². The molecule has 1 aromatic carbocycles. The van der Waals surface area contributed by atoms with Gasteiger partial charge in [0.1, 0.15) is 10.6 Å². The number of carbonyl (C=O) groups excluding carboxylic acids is 1. The number of nitrogens with two attached hydrogens (primary N) is 1. The Labute approximate surface area is 115 Å². The molecule has 0 bridgehead atoms. The van der Waals surface area contributed by atoms with E-state index in [9.17, 15) is 4.79 Å². The quantitative estimate of drug-likeness (QED) is 0.906. The van der Waals surface area contributed by atoms with Crippen molar-refractivity contribution in [3.63, 3.8) is 0 Å². The molecule has 0 radical (unpaired) electrons. The van der Waals surface area contributed by atoms with Gasteiger partial charge in [-0.05, 0) is 38.0 Å². The smallest absolute Gasteiger partial charge is 0.263 e. The minimum Gasteiger partial charge on any atom is -0.497 e. The number of hydrogen-bond acceptors (Lipinski definition) is 4. The monoisotopic (exact) mass is 276 g/mol. The summed E-state index contributed by atoms with van der Waals surface area (Å²) in [7, 11) is 1.62. The van der Waals surface area contributed by atoms with Crippen LogP contribution in [0.1, 0.15) is 29.4 Å². The highest BCUT2D eigenvalue weighted by atomic mass is 32.1. The zero-order valence-corrected chi connectivity index (χ0v) is 11.8. The van der Waals surface area contributed by atoms with Crippen LogP contribution in [-0.2, 0) is 0 Å². The Kier molecular flexibility index (Phi) is 2.67. The first-order valence-corrected chi connectivity index (χ1v) is 7.03. The van der Waals surface area contributed by atoms with Crippen molar-refractivity contribution < 1.29 is 9.53 Å². The highest BCUT2D eigenvalue weighted by Crippen LogP contribution is 2.38. The Morgan fingerprint density at radius 3 is 2.84 bits per heavy atom. The number of methoxy groups -OCH3 is 1. The van der Waals surface area contributed by atoms with Gasteiger partial charge in [-0.1, -0.05) is 0 Å². The summed E-state index contributed by atoms with van der Waals surface area (Å²) in [6.07, 6.45) is 2.08. The summed E-state index contributed by atoms with van der Waals surface area (Å²) in [4.78, 5) is 12.8. The molecule has 1 amide bonds. The predicted octanol–water partition coefficient (Wildman–Crippen LogP) is 2.77. The molecule has 1 aliphatic carbocycles. The summed E-state index contributed by atoms with van der Waals surface area (Å²) in [6, 6.07) is 5.66. The third kappa shape index (κ3) is 2.14. The number of amides is 1. The molecule has 0 atom stereocenters. The molecule has 1 aliphatic rings. The molecule has 1 aromatic heterocycles. The van der Waals surface area contributed by atoms with Crippen LogP contribution in [0, 0.1) is 0 Å². The van der Waals surface area contributed by atoms with Gasteiger partial charge in [-0.3, -0.25) is 4.79 Å². The Balaban J connectivity index is 1.99. The minimum absolute atomic E-state index is 0.0304. The normalized spacial score (nSPS) is 16.3. The number of benzene rings is 1. The van der Waals surface area contributed by atoms with Gasteiger partial charge < -0.3 is 15.8 Å². The molecule has 3 rings (SSSR count). The van der Waals surface area contributed by atoms with Crippen molar-refractivity contribution in [2.75, 3.05) is 12.8 Å². The maximum absolute atomic E-state index is 12.2. The lowest BCUT2D eigenvalue weighted by atomic mass is 10.2. The fourth-order valence-corrected chi connectivity index (χ4v) is 3.08. The van der Waals surface area contributed by atoms with Gasteiger partial charge >= 0.3 is 0 Å². The van der Waals surface area contributed by atoms with Crippen LogP contribution in [0.2, 0.25) is 0 Å². The first kappa shape index (κ1) is 12.3. The molecule has 0 aliphatic heterocycles. The average molecular weight is 276 g/mol. The maximum Gasteiger partial charge on any atom is 0.263 e. The molecule has 1 fully saturated rings. The van der Waals surface area contributed by atoms with Crippen molar-refractivity contribution in [1.29, 1.82) is 0 Å². The van der Waals surface area contributed by atoms with Crippen molar-refractivity contribution >= 4 is 33.0 Å². The lowest BCUT2D eigenvalue weighted by molar-refractivity contribution is 0.0940. The lowest BCUT2D eigenvalue weighted by Crippen LogP contribution is -2.34. The molecule has 2 aromatic rings. The largest absolute Gasteiger partial charge is 0.497 e. The summed E-state index contributed by atoms with van der Waals surface area (Å²) in [5, 5.41) is 3.95. The van der Waals surface area contributed by atoms with E-state index < -0.39 is 0 Å². The molecular weight excluding hydrogens is 260 g/mol. The molecule has 4 nitrogen and oxygen atoms in total. The second-order valence-electron chi connectivity index (χ2n) is 5.22. The van der Waals surface area contributed by atoms with Crippen LogP contribution in [0.15, 0.2) is 18.2 Å². The van der Waals surface area contributed by atoms with Crippen molar-refractivity contribution in [3.8, 4) is 5.75 Å². The predicted molar refractivity (Wildman–Crippen MR) is 77.9 cm³/mol. The number of rotatable bonds is 3. The number of hydrogen-bond donors (Lipinski definition) is 2. The molecule has 3 N–H and O–H groups in total. The summed E-state index contributed by atoms with van der Waals surface area (Å²) < 4.78 is 6.16. The van der Waals surface area contributed by atoms with Crippen LogP contribution in [0.4, 0.5) is 5.69 Å². The van der Waals surface area contributed by atoms with Gasteiger partial charge in [0.25, 0.3) is 5.91 Å². The Morgan fingerprint density at radius 1 is 1.47 bits per heavy atom. The number of nitrogen functional groups attached to an aromatic ring is 1. The van der Waals surface area contributed by atoms with Crippen molar-refractivity contribution in [2.24, 2.45) is 0 Å². The van der Waals surface area contributed by atoms with Crippen LogP contribution in [-0.4, -0.2) is 18.6 Å². The van der Waals surface area contributed by atoms with Gasteiger partial charge in [-0.15, -0.1) is 11.3 Å². The zero-order chi connectivity index (χ0) is 13.6. The Bertz CT molecular complexity index is 659. The summed E-state index contributed by atoms with van der Waals surface area (Å²) >= 11 is 1.41. The van der Waals surface area contributed by atoms with Crippen LogP contribution in [0.5, 0.6) is 5.75 Å². The van der Waals surface area contributed by atoms with E-state index >= 15 is 0 Å². The highest BCUT2D eigenvalue weighted by molar-refractivity contribution is 7.21. The Hall–Kier alpha value is -1.75. The van der Waals surface area contributed by atoms with Gasteiger partial charge in [0.05, 0.1) is 12.8 Å². The van der Waals surface area contributed by atoms with Gasteiger partial charge in [0, 0.05) is 15.6 Å². The molecule has 0 unspecified atom stereocenters. The average Bonchev–Trinajstić information content (AvgIpc) is 3.01. The SMILES string of the molecule is COc1ccc2c(N)c(C(=O)NC3(C)CC3)sc2c1. The van der Waals surface area contributed by atoms with Crippen molar-refractivity contribution in [2.45, 2.75) is 25.3 Å². The van der Waals surface area contributed by atoms with Gasteiger partial charge in [-0.25, -0.2) is 0 Å². The second kappa shape index (κ2) is 4.13. The van der Waals surface area contributed by atoms with E-state index in [1.807, 2.05) is 18.2 Å². The van der Waals surface area contributed by atoms with E-state index in [-0.39, 0.29) is 11.4 Å². The number of ether oxygens (including phenoxy) is 1. The van der Waals surface area contributed by atoms with Crippen molar-refractivity contribution in [3.05, 3.63) is 23.1 Å². The molecular formula is C14H16N2O2S. The maximum atomic E-state index is 12.2. The third-order valence-corrected chi connectivity index (χ3v) is 4.72. The van der Waals surface area contributed by atoms with Gasteiger partial charge in [0.2, 0.25) is 0 Å². The standard InChI is InChI=1S/C14H16N2O2S/c1-14(5-6-14)16-13(17)12-11(15)9-4-3-8(18-2)7-10(9)19-12/h3-4,7H,5-6,15H2,1-2H3,(H,16,17). The Morgan fingerprint density at radius 2 is 2.21 bits per heavy atom. The third-order valence-electron chi connectivity index (χ3n) is 3.56. The van der Waals surface area contributed by atoms with Gasteiger partial charge in [0.15, 0.2) is 0 Å². The number of anilines is 1. The second-order valence-corrected chi connectivity index (χ2v) is 6.27. The topological polar surface area (TPSA) is 64.3 Å². The van der Waals surface area contributed by atoms with E-state index in [2.05, 4.69) is 12.2 Å². The molecule has 1 saturated carbocycles. The number of thiophene rings is 1. The van der Waals surface area contributed by atoms with E-state index in [0.717, 1.165) is 28.7 Å². The summed E-state index contributed by atoms with van der Waals surface area (Å²) in [6.45, 7) is 2.05. The van der Waals surface area contributed by atoms with Crippen LogP contribution >= 0.6 is 11.3 Å². The highest BCUT2D eigenvalue weighted by Gasteiger charge is 2.39. The van der Waals surface area contributed by atoms with E-state index in [1.165, 1.54) is 11.3 Å². The molecule has 100 valence electrons. The minimum atomic E-state index is -0.0716. The fourth-order valence-electron chi connectivity index (χ4n) is 2.04. The first-order valence-electron chi connectivity index (χ1n) is 6.21. The molecule has 1 heterocycles. The van der Waals surface area contributed by atoms with E-state index in [1.54, 1.807) is 7.11 Å². The molecule has 5 heteroatoms. The molecule has 0 saturated heterocycles. The number of carbonyl (C=O) groups is 1. The zero-order valence-electron chi connectivity index (χ0n) is 10.9. The number of fused-ring (bicyclic) bond motifs is 1. The first-order chi connectivity index (χ1) is 9.02. The lowest BCUT2D eigenvalue weighted by Gasteiger charge is -2.10. The summed E-state index contributed by atoms with van der Waals surface area (Å²) in [5.41, 5.74) is 6.61. The van der Waals surface area contributed by atoms with Crippen LogP contribution in [0.25, 0.3) is 10.1 Å². The molecule has 19 heavy (non-hydrogen) atoms. The van der Waals surface area contributed by atoms with E-state index in [0.29, 0.717) is 10.6 Å². The van der Waals surface area contributed by atoms with Crippen molar-refractivity contribution in [1.82, 2.24) is 5.32 Å². The van der Waals surface area contributed by atoms with Gasteiger partial charge in [-0.2, -0.15) is 0 Å².